The molecule has 6 rings (SSSR count). The molecule has 0 fully saturated rings. The summed E-state index contributed by atoms with van der Waals surface area (Å²) in [5.74, 6) is -0.840. The van der Waals surface area contributed by atoms with Crippen molar-refractivity contribution in [2.45, 2.75) is 157 Å². The molecule has 4 aromatic carbocycles. The molecule has 4 atom stereocenters. The zero-order valence-electron chi connectivity index (χ0n) is 45.0. The minimum Gasteiger partial charge on any atom is -0.480 e. The maximum absolute atomic E-state index is 12.8. The van der Waals surface area contributed by atoms with Gasteiger partial charge in [-0.3, -0.25) is 4.79 Å². The normalized spacial score (nSPS) is 13.1. The largest absolute Gasteiger partial charge is 0.480 e. The Bertz CT molecular complexity index is 2920. The molecule has 0 saturated heterocycles. The highest BCUT2D eigenvalue weighted by Crippen LogP contribution is 2.33. The predicted octanol–water partition coefficient (Wildman–Crippen LogP) is 12.2. The summed E-state index contributed by atoms with van der Waals surface area (Å²) in [4.78, 5) is 32.6. The number of aryl methyl sites for hydroxylation is 2. The van der Waals surface area contributed by atoms with Crippen LogP contribution in [0.2, 0.25) is 10.0 Å². The number of aliphatic hydroxyl groups is 4. The number of halogens is 8. The fourth-order valence-corrected chi connectivity index (χ4v) is 8.13. The number of benzene rings is 4. The van der Waals surface area contributed by atoms with Gasteiger partial charge in [0.1, 0.15) is 34.3 Å². The number of alkyl halides is 6. The lowest BCUT2D eigenvalue weighted by Gasteiger charge is -2.20. The summed E-state index contributed by atoms with van der Waals surface area (Å²) in [6, 6.07) is 22.4. The number of nitrogens with zero attached hydrogens (tertiary/aromatic N) is 4. The number of carbonyl (C=O) groups excluding carboxylic acids is 1. The van der Waals surface area contributed by atoms with Gasteiger partial charge in [0, 0.05) is 67.5 Å². The molecule has 8 N–H and O–H groups in total. The van der Waals surface area contributed by atoms with Crippen molar-refractivity contribution in [2.75, 3.05) is 13.2 Å². The van der Waals surface area contributed by atoms with Crippen LogP contribution in [0.15, 0.2) is 97.3 Å². The first-order valence-electron chi connectivity index (χ1n) is 25.1. The number of ether oxygens (including phenoxy) is 2. The summed E-state index contributed by atoms with van der Waals surface area (Å²) < 4.78 is 88.3. The Kier molecular flexibility index (Phi) is 26.9. The molecule has 0 aliphatic rings. The molecule has 448 valence electrons. The predicted molar refractivity (Wildman–Crippen MR) is 303 cm³/mol. The molecule has 0 saturated carbocycles. The van der Waals surface area contributed by atoms with E-state index in [-0.39, 0.29) is 66.8 Å². The Balaban J connectivity index is 0.000000453. The maximum atomic E-state index is 12.8. The Morgan fingerprint density at radius 3 is 1.36 bits per heavy atom. The minimum atomic E-state index is -4.55. The minimum absolute atomic E-state index is 0. The van der Waals surface area contributed by atoms with Gasteiger partial charge in [-0.1, -0.05) is 86.6 Å². The average Bonchev–Trinajstić information content (AvgIpc) is 4.05. The van der Waals surface area contributed by atoms with Crippen molar-refractivity contribution >= 4 is 35.1 Å². The molecule has 0 aliphatic carbocycles. The summed E-state index contributed by atoms with van der Waals surface area (Å²) in [5.41, 5.74) is 9.47. The highest BCUT2D eigenvalue weighted by molar-refractivity contribution is 6.32. The van der Waals surface area contributed by atoms with Gasteiger partial charge < -0.3 is 55.2 Å². The summed E-state index contributed by atoms with van der Waals surface area (Å²) in [7, 11) is 0. The van der Waals surface area contributed by atoms with E-state index in [4.69, 9.17) is 43.9 Å². The van der Waals surface area contributed by atoms with Crippen molar-refractivity contribution in [1.29, 1.82) is 0 Å². The first-order chi connectivity index (χ1) is 36.8. The quantitative estimate of drug-likeness (QED) is 0.0334. The molecule has 81 heavy (non-hydrogen) atoms. The van der Waals surface area contributed by atoms with Gasteiger partial charge in [0.2, 0.25) is 0 Å². The number of carboxylic acids is 1. The molecular weight excluding hydrogens is 1110 g/mol. The van der Waals surface area contributed by atoms with Gasteiger partial charge in [-0.2, -0.15) is 26.3 Å². The molecule has 2 unspecified atom stereocenters. The summed E-state index contributed by atoms with van der Waals surface area (Å²) in [6.07, 6.45) is -7.18. The monoisotopic (exact) mass is 1180 g/mol. The number of imidazole rings is 2. The third kappa shape index (κ3) is 21.3. The molecule has 0 spiro atoms. The molecule has 23 heteroatoms. The molecule has 2 heterocycles. The van der Waals surface area contributed by atoms with E-state index in [1.54, 1.807) is 27.7 Å². The first kappa shape index (κ1) is 70.9. The molecule has 0 bridgehead atoms. The zero-order valence-corrected chi connectivity index (χ0v) is 46.5. The van der Waals surface area contributed by atoms with Crippen molar-refractivity contribution in [2.24, 2.45) is 5.73 Å². The number of carbonyl (C=O) groups is 2. The van der Waals surface area contributed by atoms with Crippen LogP contribution in [0.3, 0.4) is 0 Å². The summed E-state index contributed by atoms with van der Waals surface area (Å²) in [6.45, 7) is 14.0. The van der Waals surface area contributed by atoms with Crippen LogP contribution in [0.4, 0.5) is 26.3 Å². The second-order valence-corrected chi connectivity index (χ2v) is 20.4. The van der Waals surface area contributed by atoms with Crippen LogP contribution >= 0.6 is 23.2 Å². The molecule has 6 aromatic rings. The first-order valence-corrected chi connectivity index (χ1v) is 25.9. The zero-order chi connectivity index (χ0) is 59.2. The van der Waals surface area contributed by atoms with Crippen molar-refractivity contribution in [1.82, 2.24) is 24.4 Å². The molecule has 0 aliphatic heterocycles. The van der Waals surface area contributed by atoms with Crippen LogP contribution in [-0.2, 0) is 37.1 Å². The highest BCUT2D eigenvalue weighted by atomic mass is 35.5. The Morgan fingerprint density at radius 2 is 1.02 bits per heavy atom. The highest BCUT2D eigenvalue weighted by Gasteiger charge is 2.39. The fourth-order valence-electron chi connectivity index (χ4n) is 7.68. The van der Waals surface area contributed by atoms with Gasteiger partial charge in [0.05, 0.1) is 27.0 Å². The van der Waals surface area contributed by atoms with E-state index in [0.29, 0.717) is 37.5 Å². The van der Waals surface area contributed by atoms with Crippen molar-refractivity contribution in [3.8, 4) is 34.0 Å². The van der Waals surface area contributed by atoms with E-state index in [1.807, 2.05) is 83.9 Å². The van der Waals surface area contributed by atoms with Gasteiger partial charge >= 0.3 is 18.3 Å². The molecule has 2 aromatic heterocycles. The third-order valence-electron chi connectivity index (χ3n) is 12.0. The number of aromatic carboxylic acids is 1. The van der Waals surface area contributed by atoms with E-state index in [1.165, 1.54) is 18.2 Å². The van der Waals surface area contributed by atoms with Gasteiger partial charge in [-0.05, 0) is 129 Å². The van der Waals surface area contributed by atoms with Gasteiger partial charge in [-0.25, -0.2) is 14.8 Å². The lowest BCUT2D eigenvalue weighted by atomic mass is 10.0. The number of amides is 1. The Labute approximate surface area is 479 Å². The Morgan fingerprint density at radius 1 is 0.642 bits per heavy atom. The van der Waals surface area contributed by atoms with E-state index in [0.717, 1.165) is 78.7 Å². The van der Waals surface area contributed by atoms with Crippen LogP contribution in [-0.4, -0.2) is 106 Å². The van der Waals surface area contributed by atoms with Crippen molar-refractivity contribution in [3.63, 3.8) is 0 Å². The van der Waals surface area contributed by atoms with Crippen LogP contribution in [0.1, 0.15) is 127 Å². The number of rotatable bonds is 21. The van der Waals surface area contributed by atoms with Crippen LogP contribution in [0.5, 0.6) is 11.5 Å². The summed E-state index contributed by atoms with van der Waals surface area (Å²) >= 11 is 11.7. The number of hydrogen-bond acceptors (Lipinski definition) is 11. The number of aliphatic hydroxyl groups excluding tert-OH is 2. The number of carboxylic acid groups (broad SMARTS) is 1. The molecular formula is C58H76Cl2F6N6O9. The molecule has 15 nitrogen and oxygen atoms in total. The van der Waals surface area contributed by atoms with E-state index in [9.17, 15) is 51.3 Å². The van der Waals surface area contributed by atoms with E-state index in [2.05, 4.69) is 20.0 Å². The number of aromatic nitrogens is 4. The van der Waals surface area contributed by atoms with E-state index >= 15 is 0 Å². The topological polar surface area (TPSA) is 227 Å². The van der Waals surface area contributed by atoms with Gasteiger partial charge in [0.15, 0.2) is 12.2 Å². The lowest BCUT2D eigenvalue weighted by molar-refractivity contribution is -0.189. The summed E-state index contributed by atoms with van der Waals surface area (Å²) in [5, 5.41) is 50.3. The molecule has 0 radical (unpaired) electrons. The lowest BCUT2D eigenvalue weighted by Crippen LogP contribution is -2.37. The van der Waals surface area contributed by atoms with Crippen LogP contribution < -0.4 is 20.5 Å². The van der Waals surface area contributed by atoms with Crippen LogP contribution in [0.25, 0.3) is 22.5 Å². The van der Waals surface area contributed by atoms with E-state index < -0.39 is 53.7 Å². The maximum Gasteiger partial charge on any atom is 0.425 e. The van der Waals surface area contributed by atoms with Gasteiger partial charge in [0.25, 0.3) is 5.91 Å². The second kappa shape index (κ2) is 30.7. The van der Waals surface area contributed by atoms with Crippen molar-refractivity contribution < 1.29 is 70.9 Å². The average molecular weight is 1190 g/mol. The van der Waals surface area contributed by atoms with Crippen LogP contribution in [0, 0.1) is 0 Å². The molecule has 1 amide bonds. The van der Waals surface area contributed by atoms with Gasteiger partial charge in [-0.15, -0.1) is 0 Å². The van der Waals surface area contributed by atoms with Crippen molar-refractivity contribution in [3.05, 3.63) is 141 Å². The third-order valence-corrected chi connectivity index (χ3v) is 12.6. The SMILES string of the molecule is C.C.CCn1cc(-c2ccc(CC(CCO)NC(=O)c3ccc(O[C@H](C)C(F)(F)F)c(Cl)c3)cc2)nc1C(C)(C)O.CCn1cc(-c2ccc(CC(N)CCO)cc2)nc1C(C)(C)O.C[C@@H](Oc1ccc(C(=O)O)cc1Cl)C(F)(F)F. The number of hydrogen-bond donors (Lipinski definition) is 7. The number of nitrogens with two attached hydrogens (primary N) is 1. The number of nitrogens with one attached hydrogen (secondary N) is 1. The second-order valence-electron chi connectivity index (χ2n) is 19.5. The standard InChI is InChI=1S/C28H33ClF3N3O4.C18H27N3O2.C10H8ClF3O3.2CH4/c1-5-35-16-23(34-26(35)27(3,4)38)19-8-6-18(7-9-19)14-21(12-13-36)33-25(37)20-10-11-24(22(29)15-20)39-17(2)28(30,31)32;1-4-21-12-16(20-17(21)18(2,3)23)14-7-5-13(6-8-14)11-15(19)9-10-22;1-5(10(12,13)14)17-8-3-2-6(9(15)16)4-7(8)11;;/h6-11,15-17,21,36,38H,5,12-14H2,1-4H3,(H,33,37);5-8,12,15,22-23H,4,9-11,19H2,1-3H3;2-5H,1H3,(H,15,16);2*1H4/t17-,21?;;5-;;/m1.1../s1. The smallest absolute Gasteiger partial charge is 0.425 e. The fraction of sp³-hybridized carbons (Fsp3) is 0.448. The Hall–Kier alpha value is -6.20.